The maximum Gasteiger partial charge on any atom is 0.449 e. The zero-order chi connectivity index (χ0) is 7.78. The topological polar surface area (TPSA) is 13.1 Å². The van der Waals surface area contributed by atoms with Crippen LogP contribution < -0.4 is 0 Å². The van der Waals surface area contributed by atoms with E-state index in [1.165, 1.54) is 0 Å². The summed E-state index contributed by atoms with van der Waals surface area (Å²) < 4.78 is 39.5. The molecule has 1 nitrogen and oxygen atoms in total. The van der Waals surface area contributed by atoms with Crippen LogP contribution in [-0.4, -0.2) is 0 Å². The third-order valence-electron chi connectivity index (χ3n) is 0.847. The van der Waals surface area contributed by atoms with Gasteiger partial charge in [0, 0.05) is 6.07 Å². The molecule has 0 radical (unpaired) electrons. The van der Waals surface area contributed by atoms with Crippen molar-refractivity contribution < 1.29 is 17.6 Å². The molecule has 0 N–H and O–H groups in total. The van der Waals surface area contributed by atoms with Gasteiger partial charge >= 0.3 is 6.18 Å². The van der Waals surface area contributed by atoms with Crippen molar-refractivity contribution in [3.05, 3.63) is 22.6 Å². The molecule has 0 amide bonds. The monoisotopic (exact) mass is 214 g/mol. The van der Waals surface area contributed by atoms with Gasteiger partial charge in [0.15, 0.2) is 0 Å². The van der Waals surface area contributed by atoms with Crippen molar-refractivity contribution in [2.75, 3.05) is 0 Å². The van der Waals surface area contributed by atoms with E-state index in [0.717, 1.165) is 12.3 Å². The third-order valence-corrected chi connectivity index (χ3v) is 1.26. The molecule has 0 aliphatic carbocycles. The van der Waals surface area contributed by atoms with Gasteiger partial charge in [-0.25, -0.2) is 0 Å². The first-order chi connectivity index (χ1) is 4.50. The molecular formula is C5H2BrF3O. The Morgan fingerprint density at radius 3 is 2.20 bits per heavy atom. The lowest BCUT2D eigenvalue weighted by Crippen LogP contribution is -2.01. The van der Waals surface area contributed by atoms with Gasteiger partial charge < -0.3 is 4.42 Å². The SMILES string of the molecule is FC(F)(F)c1cc(Br)co1. The van der Waals surface area contributed by atoms with Crippen LogP contribution in [0.4, 0.5) is 13.2 Å². The average molecular weight is 215 g/mol. The summed E-state index contributed by atoms with van der Waals surface area (Å²) in [5.41, 5.74) is 0. The fraction of sp³-hybridized carbons (Fsp3) is 0.200. The van der Waals surface area contributed by atoms with Crippen molar-refractivity contribution in [3.8, 4) is 0 Å². The smallest absolute Gasteiger partial charge is 0.449 e. The van der Waals surface area contributed by atoms with Crippen LogP contribution in [0.5, 0.6) is 0 Å². The number of hydrogen-bond donors (Lipinski definition) is 0. The van der Waals surface area contributed by atoms with Gasteiger partial charge in [0.25, 0.3) is 0 Å². The number of alkyl halides is 3. The Morgan fingerprint density at radius 1 is 1.40 bits per heavy atom. The first kappa shape index (κ1) is 7.65. The zero-order valence-corrected chi connectivity index (χ0v) is 6.16. The Morgan fingerprint density at radius 2 is 2.00 bits per heavy atom. The molecule has 1 heterocycles. The summed E-state index contributed by atoms with van der Waals surface area (Å²) in [6, 6.07) is 0.875. The summed E-state index contributed by atoms with van der Waals surface area (Å²) >= 11 is 2.83. The van der Waals surface area contributed by atoms with Crippen molar-refractivity contribution in [3.63, 3.8) is 0 Å². The molecule has 56 valence electrons. The van der Waals surface area contributed by atoms with Crippen molar-refractivity contribution in [2.45, 2.75) is 6.18 Å². The minimum Gasteiger partial charge on any atom is -0.459 e. The van der Waals surface area contributed by atoms with Gasteiger partial charge in [-0.05, 0) is 15.9 Å². The number of hydrogen-bond acceptors (Lipinski definition) is 1. The summed E-state index contributed by atoms with van der Waals surface area (Å²) in [5.74, 6) is -0.987. The second-order valence-corrected chi connectivity index (χ2v) is 2.54. The van der Waals surface area contributed by atoms with Crippen molar-refractivity contribution in [1.82, 2.24) is 0 Å². The van der Waals surface area contributed by atoms with E-state index in [1.807, 2.05) is 0 Å². The highest BCUT2D eigenvalue weighted by Gasteiger charge is 2.34. The molecule has 1 rings (SSSR count). The van der Waals surface area contributed by atoms with Crippen LogP contribution in [0.1, 0.15) is 5.76 Å². The highest BCUT2D eigenvalue weighted by atomic mass is 79.9. The lowest BCUT2D eigenvalue weighted by molar-refractivity contribution is -0.153. The molecule has 10 heavy (non-hydrogen) atoms. The van der Waals surface area contributed by atoms with E-state index in [9.17, 15) is 13.2 Å². The highest BCUT2D eigenvalue weighted by molar-refractivity contribution is 9.10. The Kier molecular flexibility index (Phi) is 1.76. The predicted octanol–water partition coefficient (Wildman–Crippen LogP) is 3.06. The van der Waals surface area contributed by atoms with Gasteiger partial charge in [-0.2, -0.15) is 13.2 Å². The third kappa shape index (κ3) is 1.53. The molecule has 1 aromatic heterocycles. The molecule has 1 aromatic rings. The van der Waals surface area contributed by atoms with Gasteiger partial charge in [0.2, 0.25) is 5.76 Å². The maximum atomic E-state index is 11.7. The molecule has 0 spiro atoms. The van der Waals surface area contributed by atoms with Crippen LogP contribution in [0.2, 0.25) is 0 Å². The van der Waals surface area contributed by atoms with E-state index < -0.39 is 11.9 Å². The van der Waals surface area contributed by atoms with Crippen molar-refractivity contribution in [1.29, 1.82) is 0 Å². The number of halogens is 4. The normalized spacial score (nSPS) is 12.0. The van der Waals surface area contributed by atoms with E-state index in [2.05, 4.69) is 20.3 Å². The summed E-state index contributed by atoms with van der Waals surface area (Å²) in [6.45, 7) is 0. The lowest BCUT2D eigenvalue weighted by Gasteiger charge is -1.98. The van der Waals surface area contributed by atoms with Gasteiger partial charge in [-0.3, -0.25) is 0 Å². The minimum absolute atomic E-state index is 0.292. The number of rotatable bonds is 0. The minimum atomic E-state index is -4.38. The van der Waals surface area contributed by atoms with Crippen LogP contribution in [0, 0.1) is 0 Å². The molecule has 0 atom stereocenters. The summed E-state index contributed by atoms with van der Waals surface area (Å²) in [6.07, 6.45) is -3.39. The van der Waals surface area contributed by atoms with Gasteiger partial charge in [0.05, 0.1) is 4.47 Å². The molecule has 5 heteroatoms. The fourth-order valence-electron chi connectivity index (χ4n) is 0.462. The molecule has 0 aromatic carbocycles. The Hall–Kier alpha value is -0.450. The standard InChI is InChI=1S/C5H2BrF3O/c6-3-1-4(10-2-3)5(7,8)9/h1-2H. The largest absolute Gasteiger partial charge is 0.459 e. The van der Waals surface area contributed by atoms with Crippen LogP contribution in [-0.2, 0) is 6.18 Å². The molecule has 0 aliphatic heterocycles. The molecule has 0 fully saturated rings. The van der Waals surface area contributed by atoms with Gasteiger partial charge in [0.1, 0.15) is 6.26 Å². The second kappa shape index (κ2) is 2.30. The van der Waals surface area contributed by atoms with E-state index in [0.29, 0.717) is 4.47 Å². The van der Waals surface area contributed by atoms with E-state index in [4.69, 9.17) is 0 Å². The van der Waals surface area contributed by atoms with Gasteiger partial charge in [-0.15, -0.1) is 0 Å². The first-order valence-corrected chi connectivity index (χ1v) is 3.10. The summed E-state index contributed by atoms with van der Waals surface area (Å²) in [7, 11) is 0. The van der Waals surface area contributed by atoms with Crippen molar-refractivity contribution >= 4 is 15.9 Å². The molecule has 0 saturated carbocycles. The van der Waals surface area contributed by atoms with E-state index in [-0.39, 0.29) is 0 Å². The van der Waals surface area contributed by atoms with Crippen molar-refractivity contribution in [2.24, 2.45) is 0 Å². The van der Waals surface area contributed by atoms with Crippen LogP contribution in [0.3, 0.4) is 0 Å². The fourth-order valence-corrected chi connectivity index (χ4v) is 0.763. The first-order valence-electron chi connectivity index (χ1n) is 2.31. The molecule has 0 saturated heterocycles. The molecule has 0 aliphatic rings. The molecule has 0 bridgehead atoms. The van der Waals surface area contributed by atoms with Crippen LogP contribution >= 0.6 is 15.9 Å². The van der Waals surface area contributed by atoms with E-state index in [1.54, 1.807) is 0 Å². The molecular weight excluding hydrogens is 213 g/mol. The summed E-state index contributed by atoms with van der Waals surface area (Å²) in [5, 5.41) is 0. The Labute approximate surface area is 63.0 Å². The number of furan rings is 1. The molecule has 0 unspecified atom stereocenters. The Bertz CT molecular complexity index is 227. The second-order valence-electron chi connectivity index (χ2n) is 1.63. The lowest BCUT2D eigenvalue weighted by atomic mass is 10.4. The predicted molar refractivity (Wildman–Crippen MR) is 31.4 cm³/mol. The quantitative estimate of drug-likeness (QED) is 0.648. The highest BCUT2D eigenvalue weighted by Crippen LogP contribution is 2.31. The van der Waals surface area contributed by atoms with Crippen LogP contribution in [0.15, 0.2) is 21.2 Å². The summed E-state index contributed by atoms with van der Waals surface area (Å²) in [4.78, 5) is 0. The average Bonchev–Trinajstić information content (AvgIpc) is 2.11. The van der Waals surface area contributed by atoms with Crippen LogP contribution in [0.25, 0.3) is 0 Å². The maximum absolute atomic E-state index is 11.7. The van der Waals surface area contributed by atoms with Gasteiger partial charge in [-0.1, -0.05) is 0 Å². The zero-order valence-electron chi connectivity index (χ0n) is 4.57. The Balaban J connectivity index is 2.96. The van der Waals surface area contributed by atoms with E-state index >= 15 is 0 Å².